The number of fused-ring (bicyclic) bond motifs is 1. The number of nitrogens with one attached hydrogen (secondary N) is 1. The second kappa shape index (κ2) is 4.98. The van der Waals surface area contributed by atoms with Crippen LogP contribution in [0.15, 0.2) is 34.6 Å². The van der Waals surface area contributed by atoms with Gasteiger partial charge in [0.25, 0.3) is 0 Å². The summed E-state index contributed by atoms with van der Waals surface area (Å²) in [6.07, 6.45) is 1.05. The molecule has 2 heterocycles. The number of rotatable bonds is 3. The van der Waals surface area contributed by atoms with Crippen LogP contribution in [0.4, 0.5) is 0 Å². The van der Waals surface area contributed by atoms with Crippen LogP contribution in [0.5, 0.6) is 0 Å². The van der Waals surface area contributed by atoms with Crippen LogP contribution in [-0.4, -0.2) is 37.5 Å². The van der Waals surface area contributed by atoms with Crippen molar-refractivity contribution >= 4 is 27.4 Å². The van der Waals surface area contributed by atoms with Crippen molar-refractivity contribution in [3.8, 4) is 0 Å². The Hall–Kier alpha value is -1.55. The van der Waals surface area contributed by atoms with E-state index in [4.69, 9.17) is 0 Å². The van der Waals surface area contributed by atoms with Crippen LogP contribution in [0.2, 0.25) is 0 Å². The molecule has 1 N–H and O–H groups in total. The molecule has 0 spiro atoms. The number of guanidine groups is 1. The van der Waals surface area contributed by atoms with Crippen molar-refractivity contribution in [2.24, 2.45) is 4.99 Å². The fourth-order valence-corrected chi connectivity index (χ4v) is 3.26. The molecule has 0 atom stereocenters. The summed E-state index contributed by atoms with van der Waals surface area (Å²) in [5, 5.41) is 7.08. The molecule has 3 rings (SSSR count). The highest BCUT2D eigenvalue weighted by Crippen LogP contribution is 2.25. The number of nitrogens with zero attached hydrogens (tertiary/aromatic N) is 2. The van der Waals surface area contributed by atoms with Crippen LogP contribution in [0, 0.1) is 0 Å². The van der Waals surface area contributed by atoms with Gasteiger partial charge in [0.1, 0.15) is 0 Å². The van der Waals surface area contributed by atoms with Gasteiger partial charge in [-0.15, -0.1) is 11.3 Å². The second-order valence-corrected chi connectivity index (χ2v) is 5.47. The molecular weight excluding hydrogens is 242 g/mol. The maximum Gasteiger partial charge on any atom is 0.193 e. The highest BCUT2D eigenvalue weighted by Gasteiger charge is 2.11. The first kappa shape index (κ1) is 11.5. The molecule has 0 unspecified atom stereocenters. The lowest BCUT2D eigenvalue weighted by Crippen LogP contribution is -2.36. The molecule has 0 amide bonds. The van der Waals surface area contributed by atoms with Gasteiger partial charge >= 0.3 is 0 Å². The largest absolute Gasteiger partial charge is 0.356 e. The fourth-order valence-electron chi connectivity index (χ4n) is 2.26. The zero-order valence-corrected chi connectivity index (χ0v) is 11.3. The summed E-state index contributed by atoms with van der Waals surface area (Å²) in [4.78, 5) is 6.60. The van der Waals surface area contributed by atoms with E-state index in [0.717, 1.165) is 32.0 Å². The van der Waals surface area contributed by atoms with Crippen molar-refractivity contribution in [2.45, 2.75) is 6.42 Å². The van der Waals surface area contributed by atoms with Gasteiger partial charge in [-0.25, -0.2) is 0 Å². The van der Waals surface area contributed by atoms with Gasteiger partial charge in [0.15, 0.2) is 5.96 Å². The van der Waals surface area contributed by atoms with Crippen molar-refractivity contribution in [1.82, 2.24) is 10.2 Å². The molecule has 0 saturated carbocycles. The van der Waals surface area contributed by atoms with Gasteiger partial charge in [-0.3, -0.25) is 4.99 Å². The number of aliphatic imine (C=N–C) groups is 1. The van der Waals surface area contributed by atoms with Gasteiger partial charge in [-0.05, 0) is 28.8 Å². The van der Waals surface area contributed by atoms with Crippen molar-refractivity contribution in [2.75, 3.05) is 26.7 Å². The Labute approximate surface area is 111 Å². The van der Waals surface area contributed by atoms with Gasteiger partial charge in [0.2, 0.25) is 0 Å². The minimum Gasteiger partial charge on any atom is -0.356 e. The Balaban J connectivity index is 1.63. The van der Waals surface area contributed by atoms with E-state index in [1.165, 1.54) is 15.6 Å². The van der Waals surface area contributed by atoms with E-state index < -0.39 is 0 Å². The molecule has 1 aromatic heterocycles. The molecular formula is C14H17N3S. The lowest BCUT2D eigenvalue weighted by molar-refractivity contribution is 0.534. The average molecular weight is 259 g/mol. The monoisotopic (exact) mass is 259 g/mol. The normalized spacial score (nSPS) is 15.2. The molecule has 1 aliphatic heterocycles. The maximum atomic E-state index is 4.43. The minimum atomic E-state index is 0.917. The molecule has 0 fully saturated rings. The summed E-state index contributed by atoms with van der Waals surface area (Å²) in [5.74, 6) is 1.04. The summed E-state index contributed by atoms with van der Waals surface area (Å²) < 4.78 is 1.38. The molecule has 0 saturated heterocycles. The van der Waals surface area contributed by atoms with Crippen LogP contribution in [0.25, 0.3) is 10.1 Å². The molecule has 94 valence electrons. The van der Waals surface area contributed by atoms with Gasteiger partial charge in [-0.2, -0.15) is 0 Å². The zero-order valence-electron chi connectivity index (χ0n) is 10.5. The Kier molecular flexibility index (Phi) is 3.19. The number of hydrogen-bond acceptors (Lipinski definition) is 4. The predicted octanol–water partition coefficient (Wildman–Crippen LogP) is 2.33. The molecule has 0 bridgehead atoms. The molecule has 2 aromatic rings. The van der Waals surface area contributed by atoms with Crippen molar-refractivity contribution in [3.05, 3.63) is 35.2 Å². The van der Waals surface area contributed by atoms with Crippen LogP contribution in [-0.2, 0) is 6.42 Å². The van der Waals surface area contributed by atoms with Gasteiger partial charge in [-0.1, -0.05) is 18.2 Å². The molecule has 1 aromatic carbocycles. The van der Waals surface area contributed by atoms with E-state index in [9.17, 15) is 0 Å². The van der Waals surface area contributed by atoms with Crippen molar-refractivity contribution < 1.29 is 0 Å². The summed E-state index contributed by atoms with van der Waals surface area (Å²) in [6, 6.07) is 8.61. The summed E-state index contributed by atoms with van der Waals surface area (Å²) in [6.45, 7) is 2.90. The van der Waals surface area contributed by atoms with Crippen LogP contribution in [0.1, 0.15) is 5.56 Å². The van der Waals surface area contributed by atoms with E-state index >= 15 is 0 Å². The predicted molar refractivity (Wildman–Crippen MR) is 78.5 cm³/mol. The molecule has 18 heavy (non-hydrogen) atoms. The average Bonchev–Trinajstić information content (AvgIpc) is 2.97. The first-order chi connectivity index (χ1) is 8.84. The first-order valence-electron chi connectivity index (χ1n) is 6.29. The second-order valence-electron chi connectivity index (χ2n) is 4.56. The third kappa shape index (κ3) is 2.20. The lowest BCUT2D eigenvalue weighted by Gasteiger charge is -2.14. The first-order valence-corrected chi connectivity index (χ1v) is 7.17. The molecule has 1 aliphatic rings. The van der Waals surface area contributed by atoms with E-state index in [1.807, 2.05) is 11.3 Å². The van der Waals surface area contributed by atoms with Crippen molar-refractivity contribution in [1.29, 1.82) is 0 Å². The third-order valence-corrected chi connectivity index (χ3v) is 4.31. The van der Waals surface area contributed by atoms with Crippen molar-refractivity contribution in [3.63, 3.8) is 0 Å². The van der Waals surface area contributed by atoms with Crippen LogP contribution in [0.3, 0.4) is 0 Å². The van der Waals surface area contributed by atoms with E-state index in [-0.39, 0.29) is 0 Å². The van der Waals surface area contributed by atoms with E-state index in [2.05, 4.69) is 51.9 Å². The Morgan fingerprint density at radius 1 is 1.39 bits per heavy atom. The Bertz CT molecular complexity index is 573. The summed E-state index contributed by atoms with van der Waals surface area (Å²) in [5.41, 5.74) is 1.43. The quantitative estimate of drug-likeness (QED) is 0.916. The summed E-state index contributed by atoms with van der Waals surface area (Å²) in [7, 11) is 2.08. The Morgan fingerprint density at radius 3 is 3.11 bits per heavy atom. The number of likely N-dealkylation sites (N-methyl/N-ethyl adjacent to an activating group) is 1. The van der Waals surface area contributed by atoms with Crippen LogP contribution >= 0.6 is 11.3 Å². The number of benzene rings is 1. The highest BCUT2D eigenvalue weighted by molar-refractivity contribution is 7.17. The number of hydrogen-bond donors (Lipinski definition) is 1. The van der Waals surface area contributed by atoms with E-state index in [1.54, 1.807) is 0 Å². The van der Waals surface area contributed by atoms with Crippen LogP contribution < -0.4 is 5.32 Å². The Morgan fingerprint density at radius 2 is 2.28 bits per heavy atom. The maximum absolute atomic E-state index is 4.43. The van der Waals surface area contributed by atoms with Gasteiger partial charge in [0, 0.05) is 24.8 Å². The van der Waals surface area contributed by atoms with E-state index in [0.29, 0.717) is 0 Å². The summed E-state index contributed by atoms with van der Waals surface area (Å²) >= 11 is 1.83. The SMILES string of the molecule is CN1CCN=C1NCCc1csc2ccccc12. The molecule has 4 heteroatoms. The standard InChI is InChI=1S/C14H17N3S/c1-17-9-8-16-14(17)15-7-6-11-10-18-13-5-3-2-4-12(11)13/h2-5,10H,6-9H2,1H3,(H,15,16). The lowest BCUT2D eigenvalue weighted by atomic mass is 10.1. The minimum absolute atomic E-state index is 0.917. The number of thiophene rings is 1. The third-order valence-electron chi connectivity index (χ3n) is 3.30. The molecule has 0 radical (unpaired) electrons. The van der Waals surface area contributed by atoms with Gasteiger partial charge in [0.05, 0.1) is 6.54 Å². The van der Waals surface area contributed by atoms with Gasteiger partial charge < -0.3 is 10.2 Å². The zero-order chi connectivity index (χ0) is 12.4. The smallest absolute Gasteiger partial charge is 0.193 e. The molecule has 0 aliphatic carbocycles. The fraction of sp³-hybridized carbons (Fsp3) is 0.357. The highest BCUT2D eigenvalue weighted by atomic mass is 32.1. The topological polar surface area (TPSA) is 27.6 Å². The molecule has 3 nitrogen and oxygen atoms in total.